The number of nitrogens with two attached hydrogens (primary N) is 1. The largest absolute Gasteiger partial charge is 0.381 e. The summed E-state index contributed by atoms with van der Waals surface area (Å²) in [7, 11) is 0. The first-order chi connectivity index (χ1) is 7.63. The maximum atomic E-state index is 11.9. The van der Waals surface area contributed by atoms with Gasteiger partial charge in [-0.15, -0.1) is 0 Å². The molecular weight excluding hydrogens is 204 g/mol. The van der Waals surface area contributed by atoms with Gasteiger partial charge in [-0.05, 0) is 25.2 Å². The molecule has 1 saturated heterocycles. The third-order valence-corrected chi connectivity index (χ3v) is 2.98. The summed E-state index contributed by atoms with van der Waals surface area (Å²) in [6, 6.07) is 0.121. The fraction of sp³-hybridized carbons (Fsp3) is 0.917. The molecule has 0 aromatic heterocycles. The zero-order valence-electron chi connectivity index (χ0n) is 10.4. The van der Waals surface area contributed by atoms with Crippen LogP contribution in [0.15, 0.2) is 0 Å². The van der Waals surface area contributed by atoms with Crippen LogP contribution in [0.1, 0.15) is 33.1 Å². The first-order valence-corrected chi connectivity index (χ1v) is 6.21. The van der Waals surface area contributed by atoms with Crippen molar-refractivity contribution in [1.82, 2.24) is 5.32 Å². The van der Waals surface area contributed by atoms with Gasteiger partial charge >= 0.3 is 0 Å². The van der Waals surface area contributed by atoms with E-state index < -0.39 is 0 Å². The quantitative estimate of drug-likeness (QED) is 0.735. The maximum Gasteiger partial charge on any atom is 0.223 e. The highest BCUT2D eigenvalue weighted by atomic mass is 16.5. The molecule has 0 saturated carbocycles. The normalized spacial score (nSPS) is 19.8. The van der Waals surface area contributed by atoms with Crippen LogP contribution >= 0.6 is 0 Å². The molecule has 1 atom stereocenters. The van der Waals surface area contributed by atoms with Gasteiger partial charge in [0.25, 0.3) is 0 Å². The molecule has 1 amide bonds. The molecule has 0 aromatic rings. The Labute approximate surface area is 97.9 Å². The van der Waals surface area contributed by atoms with Crippen LogP contribution in [0.5, 0.6) is 0 Å². The summed E-state index contributed by atoms with van der Waals surface area (Å²) in [5, 5.41) is 3.05. The van der Waals surface area contributed by atoms with Crippen molar-refractivity contribution in [2.45, 2.75) is 39.2 Å². The highest BCUT2D eigenvalue weighted by molar-refractivity contribution is 5.79. The molecule has 3 N–H and O–H groups in total. The number of ether oxygens (including phenoxy) is 1. The smallest absolute Gasteiger partial charge is 0.223 e. The van der Waals surface area contributed by atoms with Gasteiger partial charge in [-0.2, -0.15) is 0 Å². The first-order valence-electron chi connectivity index (χ1n) is 6.21. The fourth-order valence-corrected chi connectivity index (χ4v) is 2.06. The second-order valence-electron chi connectivity index (χ2n) is 4.96. The van der Waals surface area contributed by atoms with Gasteiger partial charge in [-0.25, -0.2) is 0 Å². The van der Waals surface area contributed by atoms with Crippen molar-refractivity contribution >= 4 is 5.91 Å². The predicted molar refractivity (Wildman–Crippen MR) is 64.0 cm³/mol. The molecule has 1 aliphatic heterocycles. The molecule has 1 fully saturated rings. The van der Waals surface area contributed by atoms with E-state index in [1.807, 2.05) is 0 Å². The van der Waals surface area contributed by atoms with Crippen molar-refractivity contribution in [3.05, 3.63) is 0 Å². The third kappa shape index (κ3) is 4.49. The summed E-state index contributed by atoms with van der Waals surface area (Å²) in [5.74, 6) is 0.831. The van der Waals surface area contributed by atoms with Gasteiger partial charge in [0.1, 0.15) is 0 Å². The van der Waals surface area contributed by atoms with Crippen LogP contribution in [0, 0.1) is 11.8 Å². The molecule has 4 heteroatoms. The minimum absolute atomic E-state index is 0.120. The van der Waals surface area contributed by atoms with Gasteiger partial charge in [0.05, 0.1) is 0 Å². The monoisotopic (exact) mass is 228 g/mol. The molecule has 1 unspecified atom stereocenters. The average molecular weight is 228 g/mol. The molecular formula is C12H24N2O2. The highest BCUT2D eigenvalue weighted by Gasteiger charge is 2.23. The van der Waals surface area contributed by atoms with E-state index in [1.54, 1.807) is 0 Å². The lowest BCUT2D eigenvalue weighted by atomic mass is 9.97. The lowest BCUT2D eigenvalue weighted by molar-refractivity contribution is -0.128. The number of carbonyl (C=O) groups is 1. The SMILES string of the molecule is CC(C)CC(CN)NC(=O)C1CCOCC1. The Kier molecular flexibility index (Phi) is 5.77. The van der Waals surface area contributed by atoms with E-state index in [4.69, 9.17) is 10.5 Å². The molecule has 4 nitrogen and oxygen atoms in total. The number of hydrogen-bond acceptors (Lipinski definition) is 3. The second-order valence-corrected chi connectivity index (χ2v) is 4.96. The minimum atomic E-state index is 0.120. The van der Waals surface area contributed by atoms with E-state index in [2.05, 4.69) is 19.2 Å². The average Bonchev–Trinajstić information content (AvgIpc) is 2.28. The number of nitrogens with one attached hydrogen (secondary N) is 1. The molecule has 0 aromatic carbocycles. The molecule has 16 heavy (non-hydrogen) atoms. The number of rotatable bonds is 5. The summed E-state index contributed by atoms with van der Waals surface area (Å²) in [4.78, 5) is 11.9. The van der Waals surface area contributed by atoms with Crippen molar-refractivity contribution in [1.29, 1.82) is 0 Å². The van der Waals surface area contributed by atoms with Crippen molar-refractivity contribution in [2.75, 3.05) is 19.8 Å². The Hall–Kier alpha value is -0.610. The molecule has 94 valence electrons. The molecule has 1 aliphatic rings. The molecule has 0 radical (unpaired) electrons. The summed E-state index contributed by atoms with van der Waals surface area (Å²) in [6.45, 7) is 6.21. The molecule has 0 bridgehead atoms. The van der Waals surface area contributed by atoms with Crippen molar-refractivity contribution in [2.24, 2.45) is 17.6 Å². The Balaban J connectivity index is 2.35. The van der Waals surface area contributed by atoms with Crippen molar-refractivity contribution in [3.8, 4) is 0 Å². The summed E-state index contributed by atoms with van der Waals surface area (Å²) >= 11 is 0. The molecule has 1 rings (SSSR count). The maximum absolute atomic E-state index is 11.9. The molecule has 0 aliphatic carbocycles. The van der Waals surface area contributed by atoms with Gasteiger partial charge in [-0.3, -0.25) is 4.79 Å². The number of carbonyl (C=O) groups excluding carboxylic acids is 1. The summed E-state index contributed by atoms with van der Waals surface area (Å²) < 4.78 is 5.24. The Bertz CT molecular complexity index is 213. The van der Waals surface area contributed by atoms with Gasteiger partial charge < -0.3 is 15.8 Å². The van der Waals surface area contributed by atoms with E-state index in [0.29, 0.717) is 25.7 Å². The first kappa shape index (κ1) is 13.5. The van der Waals surface area contributed by atoms with E-state index in [0.717, 1.165) is 19.3 Å². The fourth-order valence-electron chi connectivity index (χ4n) is 2.06. The zero-order chi connectivity index (χ0) is 12.0. The zero-order valence-corrected chi connectivity index (χ0v) is 10.4. The van der Waals surface area contributed by atoms with E-state index in [-0.39, 0.29) is 17.9 Å². The second kappa shape index (κ2) is 6.86. The summed E-state index contributed by atoms with van der Waals surface area (Å²) in [5.41, 5.74) is 5.66. The van der Waals surface area contributed by atoms with Crippen LogP contribution in [0.3, 0.4) is 0 Å². The standard InChI is InChI=1S/C12H24N2O2/c1-9(2)7-11(8-13)14-12(15)10-3-5-16-6-4-10/h9-11H,3-8,13H2,1-2H3,(H,14,15). The van der Waals surface area contributed by atoms with Gasteiger partial charge in [0, 0.05) is 31.7 Å². The Morgan fingerprint density at radius 1 is 1.44 bits per heavy atom. The molecule has 1 heterocycles. The third-order valence-electron chi connectivity index (χ3n) is 2.98. The predicted octanol–water partition coefficient (Wildman–Crippen LogP) is 0.903. The summed E-state index contributed by atoms with van der Waals surface area (Å²) in [6.07, 6.45) is 2.63. The van der Waals surface area contributed by atoms with Gasteiger partial charge in [0.15, 0.2) is 0 Å². The van der Waals surface area contributed by atoms with Crippen LogP contribution in [0.25, 0.3) is 0 Å². The van der Waals surface area contributed by atoms with Crippen LogP contribution in [-0.2, 0) is 9.53 Å². The van der Waals surface area contributed by atoms with Gasteiger partial charge in [0.2, 0.25) is 5.91 Å². The lowest BCUT2D eigenvalue weighted by Crippen LogP contribution is -2.44. The Morgan fingerprint density at radius 2 is 2.06 bits per heavy atom. The Morgan fingerprint density at radius 3 is 2.56 bits per heavy atom. The number of hydrogen-bond donors (Lipinski definition) is 2. The molecule has 0 spiro atoms. The van der Waals surface area contributed by atoms with Crippen LogP contribution < -0.4 is 11.1 Å². The van der Waals surface area contributed by atoms with E-state index in [1.165, 1.54) is 0 Å². The lowest BCUT2D eigenvalue weighted by Gasteiger charge is -2.25. The van der Waals surface area contributed by atoms with Crippen LogP contribution in [-0.4, -0.2) is 31.7 Å². The topological polar surface area (TPSA) is 64.3 Å². The van der Waals surface area contributed by atoms with Crippen LogP contribution in [0.4, 0.5) is 0 Å². The number of amides is 1. The minimum Gasteiger partial charge on any atom is -0.381 e. The van der Waals surface area contributed by atoms with Crippen molar-refractivity contribution in [3.63, 3.8) is 0 Å². The highest BCUT2D eigenvalue weighted by Crippen LogP contribution is 2.15. The van der Waals surface area contributed by atoms with Gasteiger partial charge in [-0.1, -0.05) is 13.8 Å². The van der Waals surface area contributed by atoms with E-state index in [9.17, 15) is 4.79 Å². The van der Waals surface area contributed by atoms with Crippen molar-refractivity contribution < 1.29 is 9.53 Å². The van der Waals surface area contributed by atoms with E-state index >= 15 is 0 Å². The van der Waals surface area contributed by atoms with Crippen LogP contribution in [0.2, 0.25) is 0 Å².